The van der Waals surface area contributed by atoms with Gasteiger partial charge in [0, 0.05) is 13.2 Å². The van der Waals surface area contributed by atoms with Crippen LogP contribution in [0.15, 0.2) is 6.07 Å². The van der Waals surface area contributed by atoms with Gasteiger partial charge in [-0.15, -0.1) is 10.2 Å². The molecule has 1 heterocycles. The minimum absolute atomic E-state index is 0.0284. The summed E-state index contributed by atoms with van der Waals surface area (Å²) in [6, 6.07) is 1.38. The zero-order valence-corrected chi connectivity index (χ0v) is 11.5. The summed E-state index contributed by atoms with van der Waals surface area (Å²) in [5, 5.41) is 18.8. The third-order valence-electron chi connectivity index (χ3n) is 2.43. The van der Waals surface area contributed by atoms with E-state index >= 15 is 0 Å². The molecule has 0 saturated carbocycles. The lowest BCUT2D eigenvalue weighted by atomic mass is 10.1. The summed E-state index contributed by atoms with van der Waals surface area (Å²) in [4.78, 5) is 11.8. The fourth-order valence-electron chi connectivity index (χ4n) is 1.35. The maximum Gasteiger partial charge on any atom is 0.254 e. The number of rotatable bonds is 6. The van der Waals surface area contributed by atoms with E-state index in [1.807, 2.05) is 6.92 Å². The second-order valence-electron chi connectivity index (χ2n) is 4.06. The summed E-state index contributed by atoms with van der Waals surface area (Å²) < 4.78 is 0. The van der Waals surface area contributed by atoms with Crippen LogP contribution in [0.3, 0.4) is 0 Å². The molecule has 0 aliphatic heterocycles. The molecule has 1 unspecified atom stereocenters. The van der Waals surface area contributed by atoms with Gasteiger partial charge in [-0.2, -0.15) is 0 Å². The highest BCUT2D eigenvalue weighted by atomic mass is 35.5. The van der Waals surface area contributed by atoms with Crippen LogP contribution in [-0.2, 0) is 0 Å². The molecular formula is C11H15Cl2N3O2. The van der Waals surface area contributed by atoms with Crippen molar-refractivity contribution in [1.82, 2.24) is 15.5 Å². The average molecular weight is 292 g/mol. The van der Waals surface area contributed by atoms with Crippen LogP contribution >= 0.6 is 23.2 Å². The number of hydrogen-bond acceptors (Lipinski definition) is 4. The van der Waals surface area contributed by atoms with E-state index in [2.05, 4.69) is 15.5 Å². The number of aliphatic hydroxyl groups excluding tert-OH is 1. The molecule has 1 amide bonds. The molecule has 18 heavy (non-hydrogen) atoms. The van der Waals surface area contributed by atoms with Crippen molar-refractivity contribution < 1.29 is 9.90 Å². The summed E-state index contributed by atoms with van der Waals surface area (Å²) >= 11 is 11.4. The standard InChI is InChI=1S/C11H15Cl2N3O2/c1-7(6-17)3-2-4-14-11(18)8-5-9(12)15-16-10(8)13/h5,7,17H,2-4,6H2,1H3,(H,14,18). The molecule has 7 heteroatoms. The first-order chi connectivity index (χ1) is 8.54. The minimum atomic E-state index is -0.326. The van der Waals surface area contributed by atoms with Gasteiger partial charge in [0.2, 0.25) is 0 Å². The molecule has 1 aromatic rings. The Hall–Kier alpha value is -0.910. The number of carbonyl (C=O) groups is 1. The second kappa shape index (κ2) is 7.51. The minimum Gasteiger partial charge on any atom is -0.396 e. The van der Waals surface area contributed by atoms with E-state index in [9.17, 15) is 4.79 Å². The molecule has 100 valence electrons. The number of aromatic nitrogens is 2. The zero-order chi connectivity index (χ0) is 13.5. The smallest absolute Gasteiger partial charge is 0.254 e. The van der Waals surface area contributed by atoms with Gasteiger partial charge in [-0.25, -0.2) is 0 Å². The van der Waals surface area contributed by atoms with Gasteiger partial charge in [-0.3, -0.25) is 4.79 Å². The summed E-state index contributed by atoms with van der Waals surface area (Å²) in [6.07, 6.45) is 1.64. The molecule has 0 bridgehead atoms. The molecule has 0 radical (unpaired) electrons. The fraction of sp³-hybridized carbons (Fsp3) is 0.545. The highest BCUT2D eigenvalue weighted by Crippen LogP contribution is 2.15. The molecule has 5 nitrogen and oxygen atoms in total. The molecule has 0 saturated heterocycles. The predicted octanol–water partition coefficient (Wildman–Crippen LogP) is 1.92. The zero-order valence-electron chi connectivity index (χ0n) is 9.99. The van der Waals surface area contributed by atoms with Gasteiger partial charge in [-0.1, -0.05) is 30.1 Å². The Morgan fingerprint density at radius 3 is 2.89 bits per heavy atom. The molecule has 0 spiro atoms. The number of amides is 1. The first kappa shape index (κ1) is 15.1. The molecule has 0 fully saturated rings. The van der Waals surface area contributed by atoms with Crippen molar-refractivity contribution in [2.75, 3.05) is 13.2 Å². The maximum absolute atomic E-state index is 11.8. The third-order valence-corrected chi connectivity index (χ3v) is 2.90. The van der Waals surface area contributed by atoms with Crippen molar-refractivity contribution in [2.45, 2.75) is 19.8 Å². The first-order valence-electron chi connectivity index (χ1n) is 5.62. The molecule has 1 atom stereocenters. The van der Waals surface area contributed by atoms with Gasteiger partial charge in [0.05, 0.1) is 5.56 Å². The van der Waals surface area contributed by atoms with Crippen LogP contribution in [0.1, 0.15) is 30.1 Å². The SMILES string of the molecule is CC(CO)CCCNC(=O)c1cc(Cl)nnc1Cl. The number of nitrogens with one attached hydrogen (secondary N) is 1. The van der Waals surface area contributed by atoms with E-state index in [4.69, 9.17) is 28.3 Å². The lowest BCUT2D eigenvalue weighted by Crippen LogP contribution is -2.25. The van der Waals surface area contributed by atoms with E-state index in [0.717, 1.165) is 12.8 Å². The molecule has 1 rings (SSSR count). The van der Waals surface area contributed by atoms with Crippen LogP contribution in [0.5, 0.6) is 0 Å². The van der Waals surface area contributed by atoms with E-state index in [-0.39, 0.29) is 34.3 Å². The highest BCUT2D eigenvalue weighted by Gasteiger charge is 2.12. The maximum atomic E-state index is 11.8. The van der Waals surface area contributed by atoms with Crippen LogP contribution in [0.4, 0.5) is 0 Å². The fourth-order valence-corrected chi connectivity index (χ4v) is 1.68. The summed E-state index contributed by atoms with van der Waals surface area (Å²) in [5.74, 6) is -0.0871. The number of halogens is 2. The Balaban J connectivity index is 2.43. The van der Waals surface area contributed by atoms with E-state index in [0.29, 0.717) is 6.54 Å². The monoisotopic (exact) mass is 291 g/mol. The predicted molar refractivity (Wildman–Crippen MR) is 69.9 cm³/mol. The van der Waals surface area contributed by atoms with Gasteiger partial charge >= 0.3 is 0 Å². The quantitative estimate of drug-likeness (QED) is 0.785. The van der Waals surface area contributed by atoms with Crippen molar-refractivity contribution in [3.8, 4) is 0 Å². The largest absolute Gasteiger partial charge is 0.396 e. The number of aliphatic hydroxyl groups is 1. The number of carbonyl (C=O) groups excluding carboxylic acids is 1. The Morgan fingerprint density at radius 1 is 1.50 bits per heavy atom. The molecular weight excluding hydrogens is 277 g/mol. The molecule has 2 N–H and O–H groups in total. The van der Waals surface area contributed by atoms with E-state index < -0.39 is 0 Å². The number of nitrogens with zero attached hydrogens (tertiary/aromatic N) is 2. The van der Waals surface area contributed by atoms with Crippen LogP contribution in [0.25, 0.3) is 0 Å². The average Bonchev–Trinajstić information content (AvgIpc) is 2.36. The normalized spacial score (nSPS) is 12.2. The lowest BCUT2D eigenvalue weighted by Gasteiger charge is -2.08. The van der Waals surface area contributed by atoms with Gasteiger partial charge in [-0.05, 0) is 24.8 Å². The summed E-state index contributed by atoms with van der Waals surface area (Å²) in [5.41, 5.74) is 0.215. The van der Waals surface area contributed by atoms with Gasteiger partial charge < -0.3 is 10.4 Å². The van der Waals surface area contributed by atoms with Crippen LogP contribution < -0.4 is 5.32 Å². The summed E-state index contributed by atoms with van der Waals surface area (Å²) in [7, 11) is 0. The van der Waals surface area contributed by atoms with Crippen LogP contribution in [0.2, 0.25) is 10.3 Å². The van der Waals surface area contributed by atoms with Crippen molar-refractivity contribution in [3.05, 3.63) is 21.9 Å². The second-order valence-corrected chi connectivity index (χ2v) is 4.80. The van der Waals surface area contributed by atoms with Crippen LogP contribution in [-0.4, -0.2) is 34.4 Å². The van der Waals surface area contributed by atoms with Crippen molar-refractivity contribution >= 4 is 29.1 Å². The highest BCUT2D eigenvalue weighted by molar-refractivity contribution is 6.34. The van der Waals surface area contributed by atoms with Crippen molar-refractivity contribution in [1.29, 1.82) is 0 Å². The van der Waals surface area contributed by atoms with E-state index in [1.54, 1.807) is 0 Å². The Morgan fingerprint density at radius 2 is 2.22 bits per heavy atom. The van der Waals surface area contributed by atoms with Gasteiger partial charge in [0.15, 0.2) is 10.3 Å². The summed E-state index contributed by atoms with van der Waals surface area (Å²) in [6.45, 7) is 2.62. The van der Waals surface area contributed by atoms with Crippen LogP contribution in [0, 0.1) is 5.92 Å². The van der Waals surface area contributed by atoms with Crippen molar-refractivity contribution in [2.24, 2.45) is 5.92 Å². The first-order valence-corrected chi connectivity index (χ1v) is 6.38. The Bertz CT molecular complexity index is 415. The molecule has 0 aromatic carbocycles. The van der Waals surface area contributed by atoms with Crippen molar-refractivity contribution in [3.63, 3.8) is 0 Å². The topological polar surface area (TPSA) is 75.1 Å². The molecule has 0 aliphatic rings. The van der Waals surface area contributed by atoms with E-state index in [1.165, 1.54) is 6.07 Å². The lowest BCUT2D eigenvalue weighted by molar-refractivity contribution is 0.0951. The van der Waals surface area contributed by atoms with Gasteiger partial charge in [0.25, 0.3) is 5.91 Å². The Labute approximate surface area is 116 Å². The third kappa shape index (κ3) is 4.76. The van der Waals surface area contributed by atoms with Gasteiger partial charge in [0.1, 0.15) is 0 Å². The Kier molecular flexibility index (Phi) is 6.32. The molecule has 0 aliphatic carbocycles. The number of hydrogen-bond donors (Lipinski definition) is 2. The molecule has 1 aromatic heterocycles.